The average molecular weight is 345 g/mol. The molecule has 2 heterocycles. The average Bonchev–Trinajstić information content (AvgIpc) is 3.04. The van der Waals surface area contributed by atoms with E-state index in [0.717, 1.165) is 5.56 Å². The predicted octanol–water partition coefficient (Wildman–Crippen LogP) is 2.46. The molecule has 0 radical (unpaired) electrons. The van der Waals surface area contributed by atoms with Crippen molar-refractivity contribution < 1.29 is 27.1 Å². The second kappa shape index (κ2) is 6.04. The molecule has 0 amide bonds. The number of rotatable bonds is 4. The van der Waals surface area contributed by atoms with Crippen LogP contribution in [0, 0.1) is 0 Å². The van der Waals surface area contributed by atoms with Crippen LogP contribution >= 0.6 is 0 Å². The van der Waals surface area contributed by atoms with Crippen LogP contribution in [0.2, 0.25) is 0 Å². The van der Waals surface area contributed by atoms with Crippen molar-refractivity contribution in [1.82, 2.24) is 9.91 Å². The Morgan fingerprint density at radius 3 is 2.62 bits per heavy atom. The van der Waals surface area contributed by atoms with Gasteiger partial charge in [-0.25, -0.2) is 4.39 Å². The van der Waals surface area contributed by atoms with Crippen LogP contribution in [0.3, 0.4) is 0 Å². The number of ketones is 1. The zero-order chi connectivity index (χ0) is 17.5. The van der Waals surface area contributed by atoms with E-state index < -0.39 is 31.1 Å². The molecule has 0 spiro atoms. The van der Waals surface area contributed by atoms with E-state index in [4.69, 9.17) is 0 Å². The van der Waals surface area contributed by atoms with E-state index in [1.54, 1.807) is 0 Å². The Morgan fingerprint density at radius 1 is 1.33 bits per heavy atom. The van der Waals surface area contributed by atoms with Crippen molar-refractivity contribution in [2.75, 3.05) is 13.7 Å². The first kappa shape index (κ1) is 16.7. The molecule has 0 bridgehead atoms. The van der Waals surface area contributed by atoms with Gasteiger partial charge in [-0.15, -0.1) is 13.2 Å². The molecule has 0 saturated carbocycles. The molecule has 24 heavy (non-hydrogen) atoms. The first-order chi connectivity index (χ1) is 11.3. The second-order valence-electron chi connectivity index (χ2n) is 5.66. The number of carbonyl (C=O) groups excluding carboxylic acids is 1. The van der Waals surface area contributed by atoms with Gasteiger partial charge in [0.1, 0.15) is 12.8 Å². The summed E-state index contributed by atoms with van der Waals surface area (Å²) in [4.78, 5) is 13.2. The monoisotopic (exact) mass is 345 g/mol. The van der Waals surface area contributed by atoms with Crippen molar-refractivity contribution in [2.45, 2.75) is 31.2 Å². The lowest BCUT2D eigenvalue weighted by Gasteiger charge is -2.26. The van der Waals surface area contributed by atoms with Crippen LogP contribution in [0.4, 0.5) is 17.6 Å². The largest absolute Gasteiger partial charge is 0.522 e. The quantitative estimate of drug-likeness (QED) is 0.787. The Kier molecular flexibility index (Phi) is 4.20. The van der Waals surface area contributed by atoms with E-state index in [-0.39, 0.29) is 18.3 Å². The lowest BCUT2D eigenvalue weighted by Crippen LogP contribution is -2.44. The molecule has 1 aromatic rings. The number of amidine groups is 1. The third-order valence-electron chi connectivity index (χ3n) is 4.10. The zero-order valence-electron chi connectivity index (χ0n) is 12.7. The van der Waals surface area contributed by atoms with Crippen molar-refractivity contribution in [3.05, 3.63) is 35.9 Å². The number of likely N-dealkylation sites (N-methyl/N-ethyl adjacent to an activating group) is 1. The number of fused-ring (bicyclic) bond motifs is 1. The maximum absolute atomic E-state index is 14.4. The topological polar surface area (TPSA) is 45.1 Å². The number of hydrogen-bond acceptors (Lipinski definition) is 5. The smallest absolute Gasteiger partial charge is 0.331 e. The normalized spacial score (nSPS) is 26.5. The maximum Gasteiger partial charge on any atom is 0.522 e. The van der Waals surface area contributed by atoms with Crippen LogP contribution in [0.25, 0.3) is 0 Å². The fourth-order valence-corrected chi connectivity index (χ4v) is 3.08. The highest BCUT2D eigenvalue weighted by molar-refractivity contribution is 6.39. The fraction of sp³-hybridized carbons (Fsp3) is 0.467. The summed E-state index contributed by atoms with van der Waals surface area (Å²) in [6, 6.07) is 8.71. The molecular formula is C15H15F4N3O2. The first-order valence-electron chi connectivity index (χ1n) is 7.30. The summed E-state index contributed by atoms with van der Waals surface area (Å²) in [5.41, 5.74) is 0.833. The SMILES string of the molecule is CN1C(C(=O)COC(F)(F)F)=NN2C1[C@@H](F)C[C@H]2c1ccccc1. The van der Waals surface area contributed by atoms with Gasteiger partial charge < -0.3 is 4.90 Å². The molecule has 0 N–H and O–H groups in total. The van der Waals surface area contributed by atoms with Gasteiger partial charge in [-0.05, 0) is 5.56 Å². The molecule has 3 rings (SSSR count). The van der Waals surface area contributed by atoms with Crippen molar-refractivity contribution in [3.63, 3.8) is 0 Å². The Balaban J connectivity index is 1.80. The van der Waals surface area contributed by atoms with E-state index in [0.29, 0.717) is 0 Å². The summed E-state index contributed by atoms with van der Waals surface area (Å²) < 4.78 is 54.2. The third-order valence-corrected chi connectivity index (χ3v) is 4.10. The van der Waals surface area contributed by atoms with Gasteiger partial charge in [0.05, 0.1) is 6.04 Å². The Hall–Kier alpha value is -2.16. The number of Topliss-reactive ketones (excluding diaryl/α,β-unsaturated/α-hetero) is 1. The Labute approximate surface area is 135 Å². The van der Waals surface area contributed by atoms with Gasteiger partial charge in [-0.3, -0.25) is 14.5 Å². The van der Waals surface area contributed by atoms with E-state index in [9.17, 15) is 22.4 Å². The lowest BCUT2D eigenvalue weighted by atomic mass is 10.0. The van der Waals surface area contributed by atoms with E-state index in [2.05, 4.69) is 9.84 Å². The molecule has 9 heteroatoms. The highest BCUT2D eigenvalue weighted by Gasteiger charge is 2.50. The van der Waals surface area contributed by atoms with Crippen molar-refractivity contribution >= 4 is 11.6 Å². The van der Waals surface area contributed by atoms with Crippen LogP contribution < -0.4 is 0 Å². The van der Waals surface area contributed by atoms with Crippen molar-refractivity contribution in [1.29, 1.82) is 0 Å². The maximum atomic E-state index is 14.4. The van der Waals surface area contributed by atoms with E-state index in [1.807, 2.05) is 30.3 Å². The van der Waals surface area contributed by atoms with Gasteiger partial charge >= 0.3 is 6.36 Å². The standard InChI is InChI=1S/C15H15F4N3O2/c1-21-13(12(23)8-24-15(17,18)19)20-22-11(7-10(16)14(21)22)9-5-3-2-4-6-9/h2-6,10-11,14H,7-8H2,1H3/t10-,11-,14?/m0/s1. The molecule has 1 fully saturated rings. The minimum absolute atomic E-state index is 0.197. The number of benzene rings is 1. The van der Waals surface area contributed by atoms with E-state index in [1.165, 1.54) is 17.0 Å². The second-order valence-corrected chi connectivity index (χ2v) is 5.66. The lowest BCUT2D eigenvalue weighted by molar-refractivity contribution is -0.320. The van der Waals surface area contributed by atoms with Gasteiger partial charge in [-0.1, -0.05) is 30.3 Å². The number of hydrogen-bond donors (Lipinski definition) is 0. The highest BCUT2D eigenvalue weighted by Crippen LogP contribution is 2.42. The summed E-state index contributed by atoms with van der Waals surface area (Å²) >= 11 is 0. The molecule has 1 aromatic carbocycles. The van der Waals surface area contributed by atoms with Gasteiger partial charge in [0.25, 0.3) is 0 Å². The minimum Gasteiger partial charge on any atom is -0.331 e. The van der Waals surface area contributed by atoms with Gasteiger partial charge in [0.15, 0.2) is 12.0 Å². The number of ether oxygens (including phenoxy) is 1. The number of nitrogens with zero attached hydrogens (tertiary/aromatic N) is 3. The summed E-state index contributed by atoms with van der Waals surface area (Å²) in [6.45, 7) is -1.18. The van der Waals surface area contributed by atoms with Crippen LogP contribution in [-0.4, -0.2) is 53.9 Å². The molecule has 3 atom stereocenters. The van der Waals surface area contributed by atoms with E-state index >= 15 is 0 Å². The summed E-state index contributed by atoms with van der Waals surface area (Å²) in [6.07, 6.45) is -6.79. The molecule has 2 aliphatic heterocycles. The van der Waals surface area contributed by atoms with Crippen molar-refractivity contribution in [3.8, 4) is 0 Å². The van der Waals surface area contributed by atoms with Gasteiger partial charge in [-0.2, -0.15) is 5.10 Å². The van der Waals surface area contributed by atoms with Crippen LogP contribution in [0.15, 0.2) is 35.4 Å². The molecular weight excluding hydrogens is 330 g/mol. The Bertz CT molecular complexity index is 650. The zero-order valence-corrected chi connectivity index (χ0v) is 12.7. The van der Waals surface area contributed by atoms with Crippen molar-refractivity contribution in [2.24, 2.45) is 5.10 Å². The predicted molar refractivity (Wildman–Crippen MR) is 76.5 cm³/mol. The third kappa shape index (κ3) is 3.08. The van der Waals surface area contributed by atoms with Gasteiger partial charge in [0.2, 0.25) is 5.78 Å². The highest BCUT2D eigenvalue weighted by atomic mass is 19.4. The Morgan fingerprint density at radius 2 is 2.00 bits per heavy atom. The number of hydrazone groups is 1. The molecule has 0 aliphatic carbocycles. The molecule has 1 saturated heterocycles. The molecule has 130 valence electrons. The molecule has 2 aliphatic rings. The van der Waals surface area contributed by atoms with Crippen LogP contribution in [0.1, 0.15) is 18.0 Å². The molecule has 1 unspecified atom stereocenters. The molecule has 0 aromatic heterocycles. The molecule has 5 nitrogen and oxygen atoms in total. The summed E-state index contributed by atoms with van der Waals surface area (Å²) in [5.74, 6) is -1.17. The van der Waals surface area contributed by atoms with Gasteiger partial charge in [0, 0.05) is 13.5 Å². The number of halogens is 4. The summed E-state index contributed by atoms with van der Waals surface area (Å²) in [5, 5.41) is 5.52. The summed E-state index contributed by atoms with van der Waals surface area (Å²) in [7, 11) is 1.44. The minimum atomic E-state index is -4.90. The van der Waals surface area contributed by atoms with Crippen LogP contribution in [0.5, 0.6) is 0 Å². The number of alkyl halides is 4. The first-order valence-corrected chi connectivity index (χ1v) is 7.30. The van der Waals surface area contributed by atoms with Crippen LogP contribution in [-0.2, 0) is 9.53 Å². The fourth-order valence-electron chi connectivity index (χ4n) is 3.08. The number of carbonyl (C=O) groups is 1.